The number of aliphatic hydroxyl groups excluding tert-OH is 1. The number of ether oxygens (including phenoxy) is 1. The smallest absolute Gasteiger partial charge is 0.295 e. The van der Waals surface area contributed by atoms with E-state index in [9.17, 15) is 14.7 Å². The van der Waals surface area contributed by atoms with Gasteiger partial charge in [-0.15, -0.1) is 0 Å². The molecule has 33 heavy (non-hydrogen) atoms. The Morgan fingerprint density at radius 3 is 2.39 bits per heavy atom. The maximum Gasteiger partial charge on any atom is 0.295 e. The molecular weight excluding hydrogens is 440 g/mol. The fraction of sp³-hybridized carbons (Fsp3) is 0.385. The first-order chi connectivity index (χ1) is 15.6. The normalized spacial score (nSPS) is 17.9. The van der Waals surface area contributed by atoms with Crippen molar-refractivity contribution in [1.29, 1.82) is 0 Å². The summed E-state index contributed by atoms with van der Waals surface area (Å²) >= 11 is 6.07. The molecule has 1 N–H and O–H groups in total. The van der Waals surface area contributed by atoms with E-state index in [1.54, 1.807) is 47.4 Å². The number of ketones is 1. The summed E-state index contributed by atoms with van der Waals surface area (Å²) in [5, 5.41) is 11.8. The van der Waals surface area contributed by atoms with Gasteiger partial charge in [0.05, 0.1) is 17.7 Å². The van der Waals surface area contributed by atoms with E-state index >= 15 is 0 Å². The lowest BCUT2D eigenvalue weighted by atomic mass is 9.94. The van der Waals surface area contributed by atoms with Gasteiger partial charge < -0.3 is 19.6 Å². The predicted octanol–water partition coefficient (Wildman–Crippen LogP) is 4.81. The molecule has 0 aliphatic carbocycles. The van der Waals surface area contributed by atoms with Crippen molar-refractivity contribution >= 4 is 29.1 Å². The molecule has 6 nitrogen and oxygen atoms in total. The molecular formula is C26H31ClN2O4. The second-order valence-electron chi connectivity index (χ2n) is 8.85. The topological polar surface area (TPSA) is 70.1 Å². The predicted molar refractivity (Wildman–Crippen MR) is 131 cm³/mol. The molecule has 176 valence electrons. The number of nitrogens with zero attached hydrogens (tertiary/aromatic N) is 2. The molecule has 0 spiro atoms. The lowest BCUT2D eigenvalue weighted by Crippen LogP contribution is -2.32. The third-order valence-electron chi connectivity index (χ3n) is 5.54. The van der Waals surface area contributed by atoms with Crippen LogP contribution in [0, 0.1) is 6.92 Å². The summed E-state index contributed by atoms with van der Waals surface area (Å²) in [5.74, 6) is -0.772. The third-order valence-corrected chi connectivity index (χ3v) is 5.79. The molecule has 1 atom stereocenters. The maximum atomic E-state index is 13.1. The van der Waals surface area contributed by atoms with Gasteiger partial charge in [0.2, 0.25) is 0 Å². The van der Waals surface area contributed by atoms with Gasteiger partial charge in [-0.2, -0.15) is 0 Å². The SMILES string of the molecule is Cc1cc(/C(O)=C2\C(=O)C(=O)N(CCCN(C)C)[C@H]2c2ccc(Cl)cc2)ccc1OC(C)C. The van der Waals surface area contributed by atoms with E-state index in [0.29, 0.717) is 29.3 Å². The number of aryl methyl sites for hydroxylation is 1. The van der Waals surface area contributed by atoms with E-state index in [0.717, 1.165) is 17.7 Å². The van der Waals surface area contributed by atoms with Crippen LogP contribution in [0.5, 0.6) is 5.75 Å². The minimum Gasteiger partial charge on any atom is -0.507 e. The van der Waals surface area contributed by atoms with Crippen molar-refractivity contribution in [2.45, 2.75) is 39.3 Å². The number of likely N-dealkylation sites (tertiary alicyclic amines) is 1. The molecule has 7 heteroatoms. The van der Waals surface area contributed by atoms with Gasteiger partial charge in [0.1, 0.15) is 11.5 Å². The zero-order valence-corrected chi connectivity index (χ0v) is 20.5. The summed E-state index contributed by atoms with van der Waals surface area (Å²) in [6.45, 7) is 6.93. The fourth-order valence-corrected chi connectivity index (χ4v) is 4.12. The standard InChI is InChI=1S/C26H31ClN2O4/c1-16(2)33-21-12-9-19(15-17(21)3)24(30)22-23(18-7-10-20(27)11-8-18)29(26(32)25(22)31)14-6-13-28(4)5/h7-12,15-16,23,30H,6,13-14H2,1-5H3/b24-22+/t23-/m0/s1. The van der Waals surface area contributed by atoms with Crippen LogP contribution in [0.15, 0.2) is 48.0 Å². The Morgan fingerprint density at radius 2 is 1.82 bits per heavy atom. The molecule has 1 amide bonds. The van der Waals surface area contributed by atoms with Crippen LogP contribution < -0.4 is 4.74 Å². The van der Waals surface area contributed by atoms with E-state index < -0.39 is 17.7 Å². The van der Waals surface area contributed by atoms with Crippen LogP contribution in [-0.4, -0.2) is 59.9 Å². The third kappa shape index (κ3) is 5.57. The molecule has 1 fully saturated rings. The highest BCUT2D eigenvalue weighted by atomic mass is 35.5. The van der Waals surface area contributed by atoms with E-state index in [1.807, 2.05) is 39.8 Å². The van der Waals surface area contributed by atoms with Gasteiger partial charge in [-0.05, 0) is 89.3 Å². The van der Waals surface area contributed by atoms with Crippen LogP contribution in [0.2, 0.25) is 5.02 Å². The quantitative estimate of drug-likeness (QED) is 0.340. The molecule has 0 saturated carbocycles. The summed E-state index contributed by atoms with van der Waals surface area (Å²) in [6.07, 6.45) is 0.713. The van der Waals surface area contributed by atoms with Crippen molar-refractivity contribution < 1.29 is 19.4 Å². The lowest BCUT2D eigenvalue weighted by molar-refractivity contribution is -0.139. The maximum absolute atomic E-state index is 13.1. The van der Waals surface area contributed by atoms with Gasteiger partial charge in [-0.3, -0.25) is 9.59 Å². The summed E-state index contributed by atoms with van der Waals surface area (Å²) in [7, 11) is 3.92. The zero-order chi connectivity index (χ0) is 24.3. The molecule has 1 aliphatic rings. The Balaban J connectivity index is 2.07. The van der Waals surface area contributed by atoms with Crippen LogP contribution >= 0.6 is 11.6 Å². The van der Waals surface area contributed by atoms with Crippen molar-refractivity contribution in [2.24, 2.45) is 0 Å². The largest absolute Gasteiger partial charge is 0.507 e. The van der Waals surface area contributed by atoms with Gasteiger partial charge in [0, 0.05) is 17.1 Å². The number of benzene rings is 2. The first-order valence-corrected chi connectivity index (χ1v) is 11.4. The first-order valence-electron chi connectivity index (χ1n) is 11.1. The van der Waals surface area contributed by atoms with Crippen LogP contribution in [0.3, 0.4) is 0 Å². The summed E-state index contributed by atoms with van der Waals surface area (Å²) in [4.78, 5) is 29.7. The van der Waals surface area contributed by atoms with Gasteiger partial charge >= 0.3 is 0 Å². The molecule has 0 aromatic heterocycles. The second kappa shape index (κ2) is 10.4. The second-order valence-corrected chi connectivity index (χ2v) is 9.28. The number of carbonyl (C=O) groups is 2. The highest BCUT2D eigenvalue weighted by molar-refractivity contribution is 6.46. The average molecular weight is 471 g/mol. The molecule has 1 saturated heterocycles. The summed E-state index contributed by atoms with van der Waals surface area (Å²) in [6, 6.07) is 11.6. The Hall–Kier alpha value is -2.83. The van der Waals surface area contributed by atoms with Crippen LogP contribution in [0.1, 0.15) is 43.0 Å². The van der Waals surface area contributed by atoms with Crippen molar-refractivity contribution in [2.75, 3.05) is 27.2 Å². The molecule has 2 aromatic carbocycles. The van der Waals surface area contributed by atoms with Crippen molar-refractivity contribution in [3.63, 3.8) is 0 Å². The average Bonchev–Trinajstić information content (AvgIpc) is 2.99. The lowest BCUT2D eigenvalue weighted by Gasteiger charge is -2.26. The van der Waals surface area contributed by atoms with E-state index in [4.69, 9.17) is 16.3 Å². The Labute approximate surface area is 200 Å². The van der Waals surface area contributed by atoms with Gasteiger partial charge in [-0.1, -0.05) is 23.7 Å². The molecule has 0 bridgehead atoms. The van der Waals surface area contributed by atoms with Gasteiger partial charge in [-0.25, -0.2) is 0 Å². The monoisotopic (exact) mass is 470 g/mol. The molecule has 3 rings (SSSR count). The van der Waals surface area contributed by atoms with Crippen molar-refractivity contribution in [1.82, 2.24) is 9.80 Å². The molecule has 0 radical (unpaired) electrons. The van der Waals surface area contributed by atoms with Gasteiger partial charge in [0.25, 0.3) is 11.7 Å². The minimum absolute atomic E-state index is 0.0144. The van der Waals surface area contributed by atoms with Crippen molar-refractivity contribution in [3.05, 3.63) is 69.8 Å². The van der Waals surface area contributed by atoms with Crippen LogP contribution in [0.4, 0.5) is 0 Å². The number of Topliss-reactive ketones (excluding diaryl/α,β-unsaturated/α-hetero) is 1. The summed E-state index contributed by atoms with van der Waals surface area (Å²) < 4.78 is 5.78. The van der Waals surface area contributed by atoms with E-state index in [1.165, 1.54) is 0 Å². The zero-order valence-electron chi connectivity index (χ0n) is 19.8. The van der Waals surface area contributed by atoms with E-state index in [2.05, 4.69) is 0 Å². The highest BCUT2D eigenvalue weighted by Crippen LogP contribution is 2.40. The molecule has 1 heterocycles. The molecule has 0 unspecified atom stereocenters. The molecule has 2 aromatic rings. The minimum atomic E-state index is -0.684. The van der Waals surface area contributed by atoms with Crippen LogP contribution in [0.25, 0.3) is 5.76 Å². The number of halogens is 1. The molecule has 1 aliphatic heterocycles. The fourth-order valence-electron chi connectivity index (χ4n) is 4.00. The number of hydrogen-bond donors (Lipinski definition) is 1. The Bertz CT molecular complexity index is 1060. The Kier molecular flexibility index (Phi) is 7.82. The number of carbonyl (C=O) groups excluding carboxylic acids is 2. The van der Waals surface area contributed by atoms with E-state index in [-0.39, 0.29) is 17.4 Å². The number of hydrogen-bond acceptors (Lipinski definition) is 5. The number of aliphatic hydroxyl groups is 1. The van der Waals surface area contributed by atoms with Crippen molar-refractivity contribution in [3.8, 4) is 5.75 Å². The Morgan fingerprint density at radius 1 is 1.15 bits per heavy atom. The first kappa shape index (κ1) is 24.8. The van der Waals surface area contributed by atoms with Gasteiger partial charge in [0.15, 0.2) is 0 Å². The highest BCUT2D eigenvalue weighted by Gasteiger charge is 2.45. The van der Waals surface area contributed by atoms with Crippen LogP contribution in [-0.2, 0) is 9.59 Å². The summed E-state index contributed by atoms with van der Waals surface area (Å²) in [5.41, 5.74) is 2.11. The number of amides is 1. The number of rotatable bonds is 8.